The van der Waals surface area contributed by atoms with Crippen molar-refractivity contribution in [1.82, 2.24) is 24.5 Å². The van der Waals surface area contributed by atoms with Crippen LogP contribution >= 0.6 is 0 Å². The molecule has 0 aliphatic carbocycles. The van der Waals surface area contributed by atoms with Gasteiger partial charge in [0.25, 0.3) is 0 Å². The van der Waals surface area contributed by atoms with Crippen LogP contribution < -0.4 is 15.2 Å². The molecule has 0 bridgehead atoms. The predicted molar refractivity (Wildman–Crippen MR) is 140 cm³/mol. The monoisotopic (exact) mass is 494 g/mol. The number of benzene rings is 2. The lowest BCUT2D eigenvalue weighted by atomic mass is 9.94. The summed E-state index contributed by atoms with van der Waals surface area (Å²) in [5.41, 5.74) is 11.9. The third kappa shape index (κ3) is 3.98. The Labute approximate surface area is 213 Å². The van der Waals surface area contributed by atoms with E-state index < -0.39 is 5.82 Å². The molecule has 0 radical (unpaired) electrons. The molecule has 0 saturated heterocycles. The lowest BCUT2D eigenvalue weighted by molar-refractivity contribution is 0.410. The summed E-state index contributed by atoms with van der Waals surface area (Å²) in [6, 6.07) is 10.2. The summed E-state index contributed by atoms with van der Waals surface area (Å²) in [6.45, 7) is 3.72. The average molecular weight is 495 g/mol. The number of hydrogen-bond acceptors (Lipinski definition) is 7. The van der Waals surface area contributed by atoms with Crippen LogP contribution in [0.2, 0.25) is 0 Å². The Morgan fingerprint density at radius 1 is 1.08 bits per heavy atom. The van der Waals surface area contributed by atoms with Gasteiger partial charge in [-0.3, -0.25) is 0 Å². The van der Waals surface area contributed by atoms with Crippen molar-refractivity contribution >= 4 is 16.9 Å². The first kappa shape index (κ1) is 23.8. The highest BCUT2D eigenvalue weighted by Crippen LogP contribution is 2.45. The highest BCUT2D eigenvalue weighted by Gasteiger charge is 2.25. The lowest BCUT2D eigenvalue weighted by Crippen LogP contribution is -1.99. The van der Waals surface area contributed by atoms with Gasteiger partial charge in [-0.25, -0.2) is 24.3 Å². The molecule has 0 amide bonds. The third-order valence-corrected chi connectivity index (χ3v) is 6.21. The number of hydrogen-bond donors (Lipinski definition) is 1. The summed E-state index contributed by atoms with van der Waals surface area (Å²) in [7, 11) is 3.45. The van der Waals surface area contributed by atoms with E-state index in [2.05, 4.69) is 25.9 Å². The van der Waals surface area contributed by atoms with E-state index in [4.69, 9.17) is 21.6 Å². The van der Waals surface area contributed by atoms with Gasteiger partial charge in [-0.2, -0.15) is 0 Å². The molecule has 2 aromatic carbocycles. The number of fused-ring (bicyclic) bond motifs is 1. The van der Waals surface area contributed by atoms with Crippen LogP contribution in [0.15, 0.2) is 48.9 Å². The SMILES string of the molecule is C#Cc1ccc(-c2c(-c3ccc(Oc4nccc(C)n4)c(F)c3)c3c(N)ncnc3n2C)c(C)c1OC. The number of nitrogens with zero attached hydrogens (tertiary/aromatic N) is 5. The van der Waals surface area contributed by atoms with E-state index in [1.54, 1.807) is 32.4 Å². The van der Waals surface area contributed by atoms with Crippen LogP contribution in [-0.2, 0) is 7.05 Å². The normalized spacial score (nSPS) is 10.9. The molecule has 0 spiro atoms. The molecule has 37 heavy (non-hydrogen) atoms. The zero-order valence-corrected chi connectivity index (χ0v) is 20.7. The smallest absolute Gasteiger partial charge is 0.322 e. The molecule has 5 rings (SSSR count). The molecule has 8 nitrogen and oxygen atoms in total. The van der Waals surface area contributed by atoms with E-state index in [-0.39, 0.29) is 17.6 Å². The Hall–Kier alpha value is -4.97. The van der Waals surface area contributed by atoms with Gasteiger partial charge < -0.3 is 19.8 Å². The van der Waals surface area contributed by atoms with Crippen molar-refractivity contribution in [1.29, 1.82) is 0 Å². The van der Waals surface area contributed by atoms with Crippen molar-refractivity contribution < 1.29 is 13.9 Å². The van der Waals surface area contributed by atoms with E-state index in [9.17, 15) is 0 Å². The fourth-order valence-corrected chi connectivity index (χ4v) is 4.51. The van der Waals surface area contributed by atoms with E-state index >= 15 is 4.39 Å². The number of rotatable bonds is 5. The number of ether oxygens (including phenoxy) is 2. The Kier molecular flexibility index (Phi) is 5.93. The number of terminal acetylenes is 1. The molecule has 0 aliphatic rings. The summed E-state index contributed by atoms with van der Waals surface area (Å²) >= 11 is 0. The molecule has 184 valence electrons. The maximum atomic E-state index is 15.4. The van der Waals surface area contributed by atoms with Gasteiger partial charge in [0.2, 0.25) is 0 Å². The number of nitrogens with two attached hydrogens (primary N) is 1. The minimum Gasteiger partial charge on any atom is -0.495 e. The molecule has 2 N–H and O–H groups in total. The van der Waals surface area contributed by atoms with E-state index in [0.29, 0.717) is 39.2 Å². The maximum Gasteiger partial charge on any atom is 0.322 e. The van der Waals surface area contributed by atoms with Gasteiger partial charge in [0.05, 0.1) is 23.8 Å². The van der Waals surface area contributed by atoms with Crippen LogP contribution in [0.3, 0.4) is 0 Å². The van der Waals surface area contributed by atoms with E-state index in [1.165, 1.54) is 18.5 Å². The minimum atomic E-state index is -0.585. The van der Waals surface area contributed by atoms with Crippen LogP contribution in [0.25, 0.3) is 33.4 Å². The third-order valence-electron chi connectivity index (χ3n) is 6.21. The second-order valence-corrected chi connectivity index (χ2v) is 8.43. The zero-order chi connectivity index (χ0) is 26.3. The molecule has 5 aromatic rings. The molecular weight excluding hydrogens is 471 g/mol. The van der Waals surface area contributed by atoms with Crippen LogP contribution in [0.4, 0.5) is 10.2 Å². The van der Waals surface area contributed by atoms with Gasteiger partial charge in [0.1, 0.15) is 23.5 Å². The first-order valence-electron chi connectivity index (χ1n) is 11.3. The van der Waals surface area contributed by atoms with Crippen molar-refractivity contribution in [3.8, 4) is 52.2 Å². The Bertz CT molecular complexity index is 1720. The second kappa shape index (κ2) is 9.24. The van der Waals surface area contributed by atoms with Crippen molar-refractivity contribution in [2.24, 2.45) is 7.05 Å². The number of methoxy groups -OCH3 is 1. The Morgan fingerprint density at radius 2 is 1.89 bits per heavy atom. The van der Waals surface area contributed by atoms with Crippen LogP contribution in [-0.4, -0.2) is 31.6 Å². The molecule has 0 saturated carbocycles. The van der Waals surface area contributed by atoms with Crippen molar-refractivity contribution in [2.75, 3.05) is 12.8 Å². The zero-order valence-electron chi connectivity index (χ0n) is 20.7. The van der Waals surface area contributed by atoms with Gasteiger partial charge in [-0.15, -0.1) is 6.42 Å². The van der Waals surface area contributed by atoms with Crippen molar-refractivity contribution in [2.45, 2.75) is 13.8 Å². The summed E-state index contributed by atoms with van der Waals surface area (Å²) in [6.07, 6.45) is 8.63. The fourth-order valence-electron chi connectivity index (χ4n) is 4.51. The number of aryl methyl sites for hydroxylation is 2. The van der Waals surface area contributed by atoms with Gasteiger partial charge in [0.15, 0.2) is 11.6 Å². The largest absolute Gasteiger partial charge is 0.495 e. The number of anilines is 1. The lowest BCUT2D eigenvalue weighted by Gasteiger charge is -2.16. The van der Waals surface area contributed by atoms with Crippen LogP contribution in [0.5, 0.6) is 17.5 Å². The predicted octanol–water partition coefficient (Wildman–Crippen LogP) is 5.21. The minimum absolute atomic E-state index is 0.00317. The summed E-state index contributed by atoms with van der Waals surface area (Å²) in [5, 5.41) is 0.606. The van der Waals surface area contributed by atoms with Crippen molar-refractivity contribution in [3.63, 3.8) is 0 Å². The second-order valence-electron chi connectivity index (χ2n) is 8.43. The average Bonchev–Trinajstić information content (AvgIpc) is 3.18. The first-order valence-corrected chi connectivity index (χ1v) is 11.3. The Balaban J connectivity index is 1.74. The van der Waals surface area contributed by atoms with E-state index in [0.717, 1.165) is 16.8 Å². The molecule has 0 atom stereocenters. The van der Waals surface area contributed by atoms with Gasteiger partial charge in [-0.05, 0) is 43.7 Å². The molecule has 3 heterocycles. The number of halogens is 1. The van der Waals surface area contributed by atoms with Gasteiger partial charge in [0, 0.05) is 35.6 Å². The van der Waals surface area contributed by atoms with Crippen molar-refractivity contribution in [3.05, 3.63) is 71.6 Å². The van der Waals surface area contributed by atoms with Crippen LogP contribution in [0.1, 0.15) is 16.8 Å². The van der Waals surface area contributed by atoms with Gasteiger partial charge >= 0.3 is 6.01 Å². The standard InChI is InChI=1S/C28H23FN6O2/c1-6-17-7-9-19(16(3)25(17)36-5)24-22(23-26(30)32-14-33-27(23)35(24)4)18-8-10-21(20(29)13-18)37-28-31-12-11-15(2)34-28/h1,7-14H,2-5H3,(H2,30,32,33). The Morgan fingerprint density at radius 3 is 2.59 bits per heavy atom. The molecule has 0 aliphatic heterocycles. The van der Waals surface area contributed by atoms with E-state index in [1.807, 2.05) is 30.7 Å². The highest BCUT2D eigenvalue weighted by atomic mass is 19.1. The quantitative estimate of drug-likeness (QED) is 0.335. The molecule has 9 heteroatoms. The molecule has 0 fully saturated rings. The highest BCUT2D eigenvalue weighted by molar-refractivity contribution is 6.08. The number of aromatic nitrogens is 5. The molecular formula is C28H23FN6O2. The van der Waals surface area contributed by atoms with Crippen LogP contribution in [0, 0.1) is 32.0 Å². The fraction of sp³-hybridized carbons (Fsp3) is 0.143. The topological polar surface area (TPSA) is 101 Å². The molecule has 0 unspecified atom stereocenters. The number of nitrogen functional groups attached to an aromatic ring is 1. The summed E-state index contributed by atoms with van der Waals surface area (Å²) in [4.78, 5) is 16.9. The summed E-state index contributed by atoms with van der Waals surface area (Å²) < 4.78 is 28.5. The maximum absolute atomic E-state index is 15.4. The molecule has 3 aromatic heterocycles. The summed E-state index contributed by atoms with van der Waals surface area (Å²) in [5.74, 6) is 2.93. The van der Waals surface area contributed by atoms with Gasteiger partial charge in [-0.1, -0.05) is 18.1 Å². The first-order chi connectivity index (χ1) is 17.8.